The Hall–Kier alpha value is -2.29. The van der Waals surface area contributed by atoms with Gasteiger partial charge in [0.25, 0.3) is 0 Å². The highest BCUT2D eigenvalue weighted by atomic mass is 16.5. The fraction of sp³-hybridized carbons (Fsp3) is 0.350. The number of benzene rings is 2. The Kier molecular flexibility index (Phi) is 6.21. The van der Waals surface area contributed by atoms with Gasteiger partial charge in [-0.25, -0.2) is 0 Å². The third-order valence-corrected chi connectivity index (χ3v) is 3.82. The highest BCUT2D eigenvalue weighted by molar-refractivity contribution is 5.79. The van der Waals surface area contributed by atoms with Crippen molar-refractivity contribution in [3.8, 4) is 5.75 Å². The number of rotatable bonds is 7. The van der Waals surface area contributed by atoms with Crippen LogP contribution in [0.3, 0.4) is 0 Å². The van der Waals surface area contributed by atoms with Crippen LogP contribution in [-0.2, 0) is 11.2 Å². The van der Waals surface area contributed by atoms with Crippen LogP contribution in [0.2, 0.25) is 0 Å². The summed E-state index contributed by atoms with van der Waals surface area (Å²) in [5.41, 5.74) is 3.37. The molecule has 23 heavy (non-hydrogen) atoms. The molecule has 0 saturated heterocycles. The van der Waals surface area contributed by atoms with E-state index in [0.717, 1.165) is 23.3 Å². The van der Waals surface area contributed by atoms with Crippen molar-refractivity contribution in [1.82, 2.24) is 5.32 Å². The minimum Gasteiger partial charge on any atom is -0.494 e. The molecule has 0 aliphatic rings. The number of amides is 1. The molecule has 1 N–H and O–H groups in total. The maximum absolute atomic E-state index is 12.3. The predicted molar refractivity (Wildman–Crippen MR) is 93.7 cm³/mol. The summed E-state index contributed by atoms with van der Waals surface area (Å²) in [7, 11) is 0. The molecule has 0 heterocycles. The molecule has 2 aromatic rings. The van der Waals surface area contributed by atoms with E-state index in [0.29, 0.717) is 13.0 Å². The molecule has 2 aromatic carbocycles. The number of nitrogens with one attached hydrogen (secondary N) is 1. The van der Waals surface area contributed by atoms with Gasteiger partial charge in [0, 0.05) is 0 Å². The molecule has 3 nitrogen and oxygen atoms in total. The van der Waals surface area contributed by atoms with Crippen molar-refractivity contribution in [2.24, 2.45) is 0 Å². The highest BCUT2D eigenvalue weighted by Crippen LogP contribution is 2.18. The second kappa shape index (κ2) is 8.37. The van der Waals surface area contributed by atoms with E-state index in [1.807, 2.05) is 31.2 Å². The predicted octanol–water partition coefficient (Wildman–Crippen LogP) is 4.20. The quantitative estimate of drug-likeness (QED) is 0.832. The first-order valence-electron chi connectivity index (χ1n) is 8.20. The van der Waals surface area contributed by atoms with Crippen LogP contribution in [0.1, 0.15) is 43.0 Å². The zero-order chi connectivity index (χ0) is 16.7. The Balaban J connectivity index is 1.95. The first-order chi connectivity index (χ1) is 11.1. The smallest absolute Gasteiger partial charge is 0.224 e. The zero-order valence-corrected chi connectivity index (χ0v) is 14.1. The van der Waals surface area contributed by atoms with Gasteiger partial charge in [-0.2, -0.15) is 0 Å². The molecule has 0 fully saturated rings. The van der Waals surface area contributed by atoms with E-state index < -0.39 is 0 Å². The van der Waals surface area contributed by atoms with Crippen molar-refractivity contribution < 1.29 is 9.53 Å². The number of aryl methyl sites for hydroxylation is 1. The minimum atomic E-state index is 0.0431. The summed E-state index contributed by atoms with van der Waals surface area (Å²) in [5, 5.41) is 3.12. The molecule has 122 valence electrons. The van der Waals surface area contributed by atoms with E-state index in [-0.39, 0.29) is 11.9 Å². The number of carbonyl (C=O) groups excluding carboxylic acids is 1. The molecule has 0 aliphatic heterocycles. The van der Waals surface area contributed by atoms with Crippen molar-refractivity contribution in [1.29, 1.82) is 0 Å². The standard InChI is InChI=1S/C20H25NO2/c1-4-19(17-10-6-15(3)7-11-17)21-20(22)14-16-8-12-18(13-9-16)23-5-2/h6-13,19H,4-5,14H2,1-3H3,(H,21,22). The fourth-order valence-electron chi connectivity index (χ4n) is 2.52. The monoisotopic (exact) mass is 311 g/mol. The summed E-state index contributed by atoms with van der Waals surface area (Å²) in [5.74, 6) is 0.879. The van der Waals surface area contributed by atoms with Crippen molar-refractivity contribution in [2.75, 3.05) is 6.61 Å². The molecule has 0 aromatic heterocycles. The van der Waals surface area contributed by atoms with E-state index >= 15 is 0 Å². The SMILES string of the molecule is CCOc1ccc(CC(=O)NC(CC)c2ccc(C)cc2)cc1. The Morgan fingerprint density at radius 1 is 1.04 bits per heavy atom. The summed E-state index contributed by atoms with van der Waals surface area (Å²) in [6.07, 6.45) is 1.26. The molecule has 1 atom stereocenters. The minimum absolute atomic E-state index is 0.0431. The van der Waals surface area contributed by atoms with Gasteiger partial charge in [0.05, 0.1) is 19.1 Å². The van der Waals surface area contributed by atoms with Gasteiger partial charge in [-0.05, 0) is 43.5 Å². The van der Waals surface area contributed by atoms with Crippen molar-refractivity contribution in [3.63, 3.8) is 0 Å². The van der Waals surface area contributed by atoms with Gasteiger partial charge in [-0.1, -0.05) is 48.9 Å². The van der Waals surface area contributed by atoms with Crippen molar-refractivity contribution in [3.05, 3.63) is 65.2 Å². The third kappa shape index (κ3) is 5.13. The molecule has 1 unspecified atom stereocenters. The molecule has 2 rings (SSSR count). The highest BCUT2D eigenvalue weighted by Gasteiger charge is 2.13. The lowest BCUT2D eigenvalue weighted by atomic mass is 10.0. The maximum atomic E-state index is 12.3. The van der Waals surface area contributed by atoms with Crippen LogP contribution in [0.25, 0.3) is 0 Å². The summed E-state index contributed by atoms with van der Waals surface area (Å²) in [6.45, 7) is 6.75. The molecule has 0 saturated carbocycles. The summed E-state index contributed by atoms with van der Waals surface area (Å²) >= 11 is 0. The molecule has 3 heteroatoms. The Bertz CT molecular complexity index is 617. The largest absolute Gasteiger partial charge is 0.494 e. The first kappa shape index (κ1) is 17.1. The van der Waals surface area contributed by atoms with Crippen LogP contribution in [0, 0.1) is 6.92 Å². The fourth-order valence-corrected chi connectivity index (χ4v) is 2.52. The van der Waals surface area contributed by atoms with Gasteiger partial charge in [0.1, 0.15) is 5.75 Å². The summed E-state index contributed by atoms with van der Waals surface area (Å²) in [6, 6.07) is 16.1. The van der Waals surface area contributed by atoms with E-state index in [4.69, 9.17) is 4.74 Å². The lowest BCUT2D eigenvalue weighted by Crippen LogP contribution is -2.29. The first-order valence-corrected chi connectivity index (χ1v) is 8.20. The number of hydrogen-bond donors (Lipinski definition) is 1. The molecule has 0 aliphatic carbocycles. The van der Waals surface area contributed by atoms with Gasteiger partial charge >= 0.3 is 0 Å². The molecular weight excluding hydrogens is 286 g/mol. The van der Waals surface area contributed by atoms with Crippen molar-refractivity contribution in [2.45, 2.75) is 39.7 Å². The van der Waals surface area contributed by atoms with Crippen LogP contribution >= 0.6 is 0 Å². The second-order valence-corrected chi connectivity index (χ2v) is 5.69. The van der Waals surface area contributed by atoms with Crippen LogP contribution in [0.15, 0.2) is 48.5 Å². The van der Waals surface area contributed by atoms with Crippen LogP contribution in [0.5, 0.6) is 5.75 Å². The number of hydrogen-bond acceptors (Lipinski definition) is 2. The van der Waals surface area contributed by atoms with Crippen molar-refractivity contribution >= 4 is 5.91 Å². The van der Waals surface area contributed by atoms with Gasteiger partial charge in [-0.15, -0.1) is 0 Å². The van der Waals surface area contributed by atoms with Crippen LogP contribution in [-0.4, -0.2) is 12.5 Å². The Morgan fingerprint density at radius 2 is 1.70 bits per heavy atom. The molecule has 1 amide bonds. The third-order valence-electron chi connectivity index (χ3n) is 3.82. The topological polar surface area (TPSA) is 38.3 Å². The van der Waals surface area contributed by atoms with Gasteiger partial charge in [-0.3, -0.25) is 4.79 Å². The molecule has 0 radical (unpaired) electrons. The van der Waals surface area contributed by atoms with E-state index in [1.54, 1.807) is 0 Å². The van der Waals surface area contributed by atoms with E-state index in [1.165, 1.54) is 5.56 Å². The van der Waals surface area contributed by atoms with E-state index in [2.05, 4.69) is 43.4 Å². The normalized spacial score (nSPS) is 11.8. The average Bonchev–Trinajstić information content (AvgIpc) is 2.56. The summed E-state index contributed by atoms with van der Waals surface area (Å²) in [4.78, 5) is 12.3. The lowest BCUT2D eigenvalue weighted by molar-refractivity contribution is -0.121. The van der Waals surface area contributed by atoms with Crippen LogP contribution < -0.4 is 10.1 Å². The summed E-state index contributed by atoms with van der Waals surface area (Å²) < 4.78 is 5.41. The van der Waals surface area contributed by atoms with E-state index in [9.17, 15) is 4.79 Å². The molecule has 0 spiro atoms. The second-order valence-electron chi connectivity index (χ2n) is 5.69. The Labute approximate surface area is 138 Å². The van der Waals surface area contributed by atoms with Gasteiger partial charge in [0.15, 0.2) is 0 Å². The number of ether oxygens (including phenoxy) is 1. The molecule has 0 bridgehead atoms. The Morgan fingerprint density at radius 3 is 2.26 bits per heavy atom. The molecular formula is C20H25NO2. The van der Waals surface area contributed by atoms with Gasteiger partial charge < -0.3 is 10.1 Å². The van der Waals surface area contributed by atoms with Gasteiger partial charge in [0.2, 0.25) is 5.91 Å². The average molecular weight is 311 g/mol. The lowest BCUT2D eigenvalue weighted by Gasteiger charge is -2.18. The maximum Gasteiger partial charge on any atom is 0.224 e. The number of carbonyl (C=O) groups is 1. The van der Waals surface area contributed by atoms with Crippen LogP contribution in [0.4, 0.5) is 0 Å². The zero-order valence-electron chi connectivity index (χ0n) is 14.1.